The van der Waals surface area contributed by atoms with Crippen molar-refractivity contribution in [3.8, 4) is 0 Å². The molecule has 1 N–H and O–H groups in total. The van der Waals surface area contributed by atoms with E-state index in [1.807, 2.05) is 14.0 Å². The van der Waals surface area contributed by atoms with Crippen LogP contribution in [0.4, 0.5) is 0 Å². The number of nitrogens with zero attached hydrogens (tertiary/aromatic N) is 2. The van der Waals surface area contributed by atoms with E-state index in [2.05, 4.69) is 13.8 Å². The quantitative estimate of drug-likeness (QED) is 0.495. The normalized spacial score (nSPS) is 40.0. The van der Waals surface area contributed by atoms with Crippen LogP contribution in [-0.4, -0.2) is 47.0 Å². The van der Waals surface area contributed by atoms with Gasteiger partial charge in [0, 0.05) is 0 Å². The van der Waals surface area contributed by atoms with Gasteiger partial charge in [-0.05, 0) is 13.8 Å². The Kier molecular flexibility index (Phi) is 2.63. The second kappa shape index (κ2) is 3.27. The maximum Gasteiger partial charge on any atom is 0.258 e. The molecule has 0 saturated carbocycles. The van der Waals surface area contributed by atoms with Gasteiger partial charge in [0.05, 0.1) is 13.0 Å². The largest absolute Gasteiger partial charge is 0.368 e. The number of hydrogen-bond donors (Lipinski definition) is 1. The van der Waals surface area contributed by atoms with E-state index in [1.165, 1.54) is 5.01 Å². The first-order valence-corrected chi connectivity index (χ1v) is 4.71. The Morgan fingerprint density at radius 2 is 2.15 bits per heavy atom. The molecule has 0 radical (unpaired) electrons. The molecule has 0 aliphatic carbocycles. The van der Waals surface area contributed by atoms with E-state index in [0.29, 0.717) is 10.6 Å². The molecule has 1 aliphatic rings. The summed E-state index contributed by atoms with van der Waals surface area (Å²) in [6.07, 6.45) is 0.110. The molecular formula is C9H19N2O2+. The summed E-state index contributed by atoms with van der Waals surface area (Å²) in [4.78, 5) is 10.8. The zero-order chi connectivity index (χ0) is 10.2. The van der Waals surface area contributed by atoms with Crippen LogP contribution in [0.25, 0.3) is 0 Å². The fraction of sp³-hybridized carbons (Fsp3) is 0.889. The van der Waals surface area contributed by atoms with Gasteiger partial charge in [0.1, 0.15) is 12.6 Å². The summed E-state index contributed by atoms with van der Waals surface area (Å²) in [5.74, 6) is 0.151. The third-order valence-corrected chi connectivity index (χ3v) is 3.19. The van der Waals surface area contributed by atoms with Gasteiger partial charge in [-0.1, -0.05) is 6.92 Å². The third-order valence-electron chi connectivity index (χ3n) is 3.19. The summed E-state index contributed by atoms with van der Waals surface area (Å²) in [5, 5.41) is 11.2. The molecule has 0 spiro atoms. The van der Waals surface area contributed by atoms with E-state index in [9.17, 15) is 9.90 Å². The molecule has 3 atom stereocenters. The summed E-state index contributed by atoms with van der Waals surface area (Å²) in [5.41, 5.74) is 0. The minimum Gasteiger partial charge on any atom is -0.368 e. The Labute approximate surface area is 79.3 Å². The van der Waals surface area contributed by atoms with Gasteiger partial charge in [0.15, 0.2) is 6.23 Å². The van der Waals surface area contributed by atoms with Crippen LogP contribution >= 0.6 is 0 Å². The van der Waals surface area contributed by atoms with E-state index >= 15 is 0 Å². The zero-order valence-corrected chi connectivity index (χ0v) is 8.77. The van der Waals surface area contributed by atoms with Crippen LogP contribution in [0, 0.1) is 5.92 Å². The van der Waals surface area contributed by atoms with E-state index in [0.717, 1.165) is 13.0 Å². The number of hydrogen-bond acceptors (Lipinski definition) is 2. The molecule has 13 heavy (non-hydrogen) atoms. The minimum absolute atomic E-state index is 0.151. The number of aliphatic hydroxyl groups is 1. The SMILES string of the molecule is CC(C)[N@@+]1(C)C[C@@H](C)[C@@H](O)N1C=O. The molecule has 1 fully saturated rings. The highest BCUT2D eigenvalue weighted by Gasteiger charge is 2.48. The van der Waals surface area contributed by atoms with Gasteiger partial charge in [-0.15, -0.1) is 0 Å². The van der Waals surface area contributed by atoms with Gasteiger partial charge in [-0.2, -0.15) is 5.01 Å². The number of carbonyl (C=O) groups excluding carboxylic acids is 1. The van der Waals surface area contributed by atoms with Crippen molar-refractivity contribution in [1.82, 2.24) is 5.01 Å². The molecular weight excluding hydrogens is 168 g/mol. The van der Waals surface area contributed by atoms with Crippen molar-refractivity contribution >= 4 is 6.41 Å². The van der Waals surface area contributed by atoms with Crippen molar-refractivity contribution in [2.24, 2.45) is 5.92 Å². The minimum atomic E-state index is -0.634. The van der Waals surface area contributed by atoms with E-state index in [4.69, 9.17) is 0 Å². The molecule has 0 aromatic heterocycles. The van der Waals surface area contributed by atoms with Crippen molar-refractivity contribution in [3.63, 3.8) is 0 Å². The average molecular weight is 187 g/mol. The molecule has 1 amide bonds. The maximum atomic E-state index is 10.8. The molecule has 0 bridgehead atoms. The molecule has 1 rings (SSSR count). The van der Waals surface area contributed by atoms with Crippen LogP contribution < -0.4 is 0 Å². The van der Waals surface area contributed by atoms with Crippen molar-refractivity contribution in [3.05, 3.63) is 0 Å². The van der Waals surface area contributed by atoms with Crippen LogP contribution in [0.3, 0.4) is 0 Å². The Hall–Kier alpha value is -0.610. The van der Waals surface area contributed by atoms with Gasteiger partial charge in [-0.25, -0.2) is 4.59 Å². The Morgan fingerprint density at radius 3 is 2.46 bits per heavy atom. The molecule has 1 aliphatic heterocycles. The predicted octanol–water partition coefficient (Wildman–Crippen LogP) is 0.183. The summed E-state index contributed by atoms with van der Waals surface area (Å²) in [6, 6.07) is 0.310. The highest BCUT2D eigenvalue weighted by atomic mass is 16.3. The van der Waals surface area contributed by atoms with Gasteiger partial charge < -0.3 is 5.11 Å². The lowest BCUT2D eigenvalue weighted by molar-refractivity contribution is -1.01. The second-order valence-corrected chi connectivity index (χ2v) is 4.37. The van der Waals surface area contributed by atoms with Crippen molar-refractivity contribution in [2.75, 3.05) is 13.6 Å². The summed E-state index contributed by atoms with van der Waals surface area (Å²) in [7, 11) is 1.98. The van der Waals surface area contributed by atoms with E-state index in [-0.39, 0.29) is 5.92 Å². The van der Waals surface area contributed by atoms with Gasteiger partial charge in [0.2, 0.25) is 0 Å². The summed E-state index contributed by atoms with van der Waals surface area (Å²) in [6.45, 7) is 6.90. The Balaban J connectivity index is 2.93. The van der Waals surface area contributed by atoms with Gasteiger partial charge >= 0.3 is 0 Å². The van der Waals surface area contributed by atoms with Gasteiger partial charge in [-0.3, -0.25) is 4.79 Å². The smallest absolute Gasteiger partial charge is 0.258 e. The van der Waals surface area contributed by atoms with Crippen LogP contribution in [0.5, 0.6) is 0 Å². The van der Waals surface area contributed by atoms with Crippen LogP contribution in [0.2, 0.25) is 0 Å². The average Bonchev–Trinajstić information content (AvgIpc) is 2.25. The molecule has 4 nitrogen and oxygen atoms in total. The molecule has 1 heterocycles. The first-order chi connectivity index (χ1) is 5.93. The lowest BCUT2D eigenvalue weighted by atomic mass is 10.1. The maximum absolute atomic E-state index is 10.8. The Bertz CT molecular complexity index is 208. The standard InChI is InChI=1S/C9H19N2O2/c1-7(2)11(4)5-8(3)9(13)10(11)6-12/h6-9,13H,5H2,1-4H3/q+1/t8-,9-,11-/m1/s1. The molecule has 1 saturated heterocycles. The molecule has 0 unspecified atom stereocenters. The van der Waals surface area contributed by atoms with Crippen LogP contribution in [0.1, 0.15) is 20.8 Å². The van der Waals surface area contributed by atoms with Crippen molar-refractivity contribution in [2.45, 2.75) is 33.0 Å². The fourth-order valence-electron chi connectivity index (χ4n) is 1.95. The molecule has 76 valence electrons. The number of quaternary nitrogens is 1. The zero-order valence-electron chi connectivity index (χ0n) is 8.77. The van der Waals surface area contributed by atoms with E-state index < -0.39 is 6.23 Å². The number of amides is 1. The number of aliphatic hydroxyl groups excluding tert-OH is 1. The van der Waals surface area contributed by atoms with Gasteiger partial charge in [0.25, 0.3) is 6.41 Å². The Morgan fingerprint density at radius 1 is 1.62 bits per heavy atom. The summed E-state index contributed by atoms with van der Waals surface area (Å²) >= 11 is 0. The number of rotatable bonds is 2. The lowest BCUT2D eigenvalue weighted by Crippen LogP contribution is -2.58. The predicted molar refractivity (Wildman–Crippen MR) is 49.3 cm³/mol. The monoisotopic (exact) mass is 187 g/mol. The first-order valence-electron chi connectivity index (χ1n) is 4.71. The van der Waals surface area contributed by atoms with Crippen molar-refractivity contribution in [1.29, 1.82) is 0 Å². The molecule has 4 heteroatoms. The molecule has 0 aromatic rings. The highest BCUT2D eigenvalue weighted by molar-refractivity contribution is 5.45. The second-order valence-electron chi connectivity index (χ2n) is 4.37. The number of carbonyl (C=O) groups is 1. The van der Waals surface area contributed by atoms with Crippen molar-refractivity contribution < 1.29 is 14.5 Å². The first kappa shape index (κ1) is 10.5. The van der Waals surface area contributed by atoms with E-state index in [1.54, 1.807) is 0 Å². The molecule has 0 aromatic carbocycles. The highest BCUT2D eigenvalue weighted by Crippen LogP contribution is 2.29. The third kappa shape index (κ3) is 1.44. The van der Waals surface area contributed by atoms with Crippen LogP contribution in [-0.2, 0) is 4.79 Å². The topological polar surface area (TPSA) is 40.5 Å². The van der Waals surface area contributed by atoms with Crippen LogP contribution in [0.15, 0.2) is 0 Å². The fourth-order valence-corrected chi connectivity index (χ4v) is 1.95. The summed E-state index contributed by atoms with van der Waals surface area (Å²) < 4.78 is 0.506. The lowest BCUT2D eigenvalue weighted by Gasteiger charge is -2.38.